The summed E-state index contributed by atoms with van der Waals surface area (Å²) in [5.74, 6) is -0.0511. The smallest absolute Gasteiger partial charge is 0.251 e. The van der Waals surface area contributed by atoms with Crippen LogP contribution in [0.4, 0.5) is 0 Å². The quantitative estimate of drug-likeness (QED) is 0.753. The Balaban J connectivity index is 2.59. The minimum atomic E-state index is -0.0511. The average Bonchev–Trinajstić information content (AvgIpc) is 2.28. The number of carbonyl (C=O) groups is 1. The molecule has 1 aromatic rings. The van der Waals surface area contributed by atoms with E-state index in [1.54, 1.807) is 0 Å². The van der Waals surface area contributed by atoms with E-state index >= 15 is 0 Å². The number of benzene rings is 1. The number of nitrogens with two attached hydrogens (primary N) is 1. The van der Waals surface area contributed by atoms with Crippen molar-refractivity contribution in [1.29, 1.82) is 0 Å². The molecule has 3 heteroatoms. The molecule has 0 aliphatic rings. The SMILES string of the molecule is Cc1ccc(C(=O)NC/C=C/CN)cc1C. The number of amides is 1. The highest BCUT2D eigenvalue weighted by molar-refractivity contribution is 5.94. The number of rotatable bonds is 4. The lowest BCUT2D eigenvalue weighted by Crippen LogP contribution is -2.23. The Hall–Kier alpha value is -1.61. The minimum absolute atomic E-state index is 0.0511. The summed E-state index contributed by atoms with van der Waals surface area (Å²) < 4.78 is 0. The molecule has 16 heavy (non-hydrogen) atoms. The van der Waals surface area contributed by atoms with E-state index in [4.69, 9.17) is 5.73 Å². The first-order chi connectivity index (χ1) is 7.65. The van der Waals surface area contributed by atoms with Crippen LogP contribution in [0.2, 0.25) is 0 Å². The van der Waals surface area contributed by atoms with Crippen LogP contribution in [0.1, 0.15) is 21.5 Å². The molecular formula is C13H18N2O. The average molecular weight is 218 g/mol. The molecule has 0 heterocycles. The van der Waals surface area contributed by atoms with Crippen LogP contribution in [0, 0.1) is 13.8 Å². The molecule has 0 aliphatic heterocycles. The van der Waals surface area contributed by atoms with Gasteiger partial charge < -0.3 is 11.1 Å². The van der Waals surface area contributed by atoms with Gasteiger partial charge in [-0.15, -0.1) is 0 Å². The predicted molar refractivity (Wildman–Crippen MR) is 66.4 cm³/mol. The summed E-state index contributed by atoms with van der Waals surface area (Å²) in [6.07, 6.45) is 3.67. The molecule has 0 spiro atoms. The highest BCUT2D eigenvalue weighted by Crippen LogP contribution is 2.09. The summed E-state index contributed by atoms with van der Waals surface area (Å²) in [4.78, 5) is 11.7. The molecule has 0 saturated heterocycles. The zero-order valence-corrected chi connectivity index (χ0v) is 9.79. The van der Waals surface area contributed by atoms with Crippen molar-refractivity contribution in [2.75, 3.05) is 13.1 Å². The molecular weight excluding hydrogens is 200 g/mol. The van der Waals surface area contributed by atoms with Crippen LogP contribution in [-0.4, -0.2) is 19.0 Å². The fourth-order valence-corrected chi connectivity index (χ4v) is 1.32. The maximum absolute atomic E-state index is 11.7. The second-order valence-electron chi connectivity index (χ2n) is 3.72. The zero-order valence-electron chi connectivity index (χ0n) is 9.79. The molecule has 0 bridgehead atoms. The Bertz CT molecular complexity index is 397. The number of hydrogen-bond donors (Lipinski definition) is 2. The van der Waals surface area contributed by atoms with E-state index in [1.165, 1.54) is 5.56 Å². The molecule has 3 nitrogen and oxygen atoms in total. The highest BCUT2D eigenvalue weighted by Gasteiger charge is 2.04. The monoisotopic (exact) mass is 218 g/mol. The third-order valence-electron chi connectivity index (χ3n) is 2.45. The largest absolute Gasteiger partial charge is 0.349 e. The van der Waals surface area contributed by atoms with Crippen molar-refractivity contribution < 1.29 is 4.79 Å². The molecule has 0 radical (unpaired) electrons. The van der Waals surface area contributed by atoms with E-state index < -0.39 is 0 Å². The predicted octanol–water partition coefficient (Wildman–Crippen LogP) is 1.55. The molecule has 1 aromatic carbocycles. The standard InChI is InChI=1S/C13H18N2O/c1-10-5-6-12(9-11(10)2)13(16)15-8-4-3-7-14/h3-6,9H,7-8,14H2,1-2H3,(H,15,16)/b4-3+. The molecule has 0 atom stereocenters. The Morgan fingerprint density at radius 1 is 1.31 bits per heavy atom. The van der Waals surface area contributed by atoms with Crippen molar-refractivity contribution in [1.82, 2.24) is 5.32 Å². The van der Waals surface area contributed by atoms with Crippen LogP contribution in [-0.2, 0) is 0 Å². The maximum Gasteiger partial charge on any atom is 0.251 e. The van der Waals surface area contributed by atoms with E-state index in [9.17, 15) is 4.79 Å². The lowest BCUT2D eigenvalue weighted by atomic mass is 10.1. The molecule has 0 saturated carbocycles. The second kappa shape index (κ2) is 6.08. The number of hydrogen-bond acceptors (Lipinski definition) is 2. The van der Waals surface area contributed by atoms with Crippen molar-refractivity contribution in [3.8, 4) is 0 Å². The van der Waals surface area contributed by atoms with Gasteiger partial charge in [-0.2, -0.15) is 0 Å². The normalized spacial score (nSPS) is 10.7. The summed E-state index contributed by atoms with van der Waals surface area (Å²) in [5.41, 5.74) is 8.32. The Morgan fingerprint density at radius 3 is 2.69 bits per heavy atom. The lowest BCUT2D eigenvalue weighted by Gasteiger charge is -2.05. The van der Waals surface area contributed by atoms with Crippen LogP contribution in [0.5, 0.6) is 0 Å². The minimum Gasteiger partial charge on any atom is -0.349 e. The van der Waals surface area contributed by atoms with Gasteiger partial charge in [-0.05, 0) is 37.1 Å². The fraction of sp³-hybridized carbons (Fsp3) is 0.308. The molecule has 0 aliphatic carbocycles. The van der Waals surface area contributed by atoms with E-state index in [0.29, 0.717) is 18.7 Å². The van der Waals surface area contributed by atoms with Crippen molar-refractivity contribution in [3.63, 3.8) is 0 Å². The first kappa shape index (κ1) is 12.5. The van der Waals surface area contributed by atoms with Crippen molar-refractivity contribution in [2.24, 2.45) is 5.73 Å². The van der Waals surface area contributed by atoms with Crippen molar-refractivity contribution in [2.45, 2.75) is 13.8 Å². The van der Waals surface area contributed by atoms with Gasteiger partial charge in [-0.25, -0.2) is 0 Å². The van der Waals surface area contributed by atoms with Gasteiger partial charge in [0, 0.05) is 18.7 Å². The van der Waals surface area contributed by atoms with Crippen molar-refractivity contribution >= 4 is 5.91 Å². The fourth-order valence-electron chi connectivity index (χ4n) is 1.32. The molecule has 0 fully saturated rings. The second-order valence-corrected chi connectivity index (χ2v) is 3.72. The summed E-state index contributed by atoms with van der Waals surface area (Å²) in [7, 11) is 0. The van der Waals surface area contributed by atoms with Crippen LogP contribution in [0.15, 0.2) is 30.4 Å². The number of aryl methyl sites for hydroxylation is 2. The topological polar surface area (TPSA) is 55.1 Å². The third kappa shape index (κ3) is 3.51. The molecule has 86 valence electrons. The van der Waals surface area contributed by atoms with Crippen molar-refractivity contribution in [3.05, 3.63) is 47.0 Å². The molecule has 1 rings (SSSR count). The molecule has 0 unspecified atom stereocenters. The molecule has 0 aromatic heterocycles. The summed E-state index contributed by atoms with van der Waals surface area (Å²) in [6, 6.07) is 5.70. The van der Waals surface area contributed by atoms with Gasteiger partial charge in [0.2, 0.25) is 0 Å². The zero-order chi connectivity index (χ0) is 12.0. The van der Waals surface area contributed by atoms with Gasteiger partial charge in [0.1, 0.15) is 0 Å². The first-order valence-electron chi connectivity index (χ1n) is 5.35. The van der Waals surface area contributed by atoms with Gasteiger partial charge >= 0.3 is 0 Å². The third-order valence-corrected chi connectivity index (χ3v) is 2.45. The van der Waals surface area contributed by atoms with E-state index in [1.807, 2.05) is 44.2 Å². The van der Waals surface area contributed by atoms with Gasteiger partial charge in [0.15, 0.2) is 0 Å². The number of nitrogens with one attached hydrogen (secondary N) is 1. The lowest BCUT2D eigenvalue weighted by molar-refractivity contribution is 0.0958. The van der Waals surface area contributed by atoms with Gasteiger partial charge in [0.05, 0.1) is 0 Å². The van der Waals surface area contributed by atoms with Crippen LogP contribution >= 0.6 is 0 Å². The Kier molecular flexibility index (Phi) is 4.73. The summed E-state index contributed by atoms with van der Waals surface area (Å²) >= 11 is 0. The number of carbonyl (C=O) groups excluding carboxylic acids is 1. The van der Waals surface area contributed by atoms with E-state index in [-0.39, 0.29) is 5.91 Å². The molecule has 1 amide bonds. The van der Waals surface area contributed by atoms with Crippen LogP contribution in [0.25, 0.3) is 0 Å². The summed E-state index contributed by atoms with van der Waals surface area (Å²) in [5, 5.41) is 2.80. The highest BCUT2D eigenvalue weighted by atomic mass is 16.1. The van der Waals surface area contributed by atoms with Gasteiger partial charge in [0.25, 0.3) is 5.91 Å². The molecule has 3 N–H and O–H groups in total. The van der Waals surface area contributed by atoms with Crippen LogP contribution < -0.4 is 11.1 Å². The first-order valence-corrected chi connectivity index (χ1v) is 5.35. The Labute approximate surface area is 96.3 Å². The van der Waals surface area contributed by atoms with Crippen LogP contribution in [0.3, 0.4) is 0 Å². The van der Waals surface area contributed by atoms with Gasteiger partial charge in [-0.1, -0.05) is 18.2 Å². The van der Waals surface area contributed by atoms with E-state index in [2.05, 4.69) is 5.32 Å². The summed E-state index contributed by atoms with van der Waals surface area (Å²) in [6.45, 7) is 5.05. The Morgan fingerprint density at radius 2 is 2.06 bits per heavy atom. The maximum atomic E-state index is 11.7. The van der Waals surface area contributed by atoms with Gasteiger partial charge in [-0.3, -0.25) is 4.79 Å². The van der Waals surface area contributed by atoms with E-state index in [0.717, 1.165) is 5.56 Å².